The average Bonchev–Trinajstić information content (AvgIpc) is 2.79. The Hall–Kier alpha value is -0.370. The zero-order chi connectivity index (χ0) is 8.55. The highest BCUT2D eigenvalue weighted by Crippen LogP contribution is 2.34. The zero-order valence-electron chi connectivity index (χ0n) is 6.69. The monoisotopic (exact) mass is 228 g/mol. The number of rotatable bonds is 2. The fourth-order valence-corrected chi connectivity index (χ4v) is 1.83. The number of hydrogen-bond acceptors (Lipinski definition) is 0. The minimum Gasteiger partial charge on any atom is -0.207 e. The Kier molecular flexibility index (Phi) is 2.18. The normalized spacial score (nSPS) is 16.5. The maximum absolute atomic E-state index is 12.7. The third kappa shape index (κ3) is 1.86. The average molecular weight is 229 g/mol. The molecule has 2 rings (SSSR count). The van der Waals surface area contributed by atoms with Crippen LogP contribution in [-0.4, -0.2) is 0 Å². The molecule has 64 valence electrons. The highest BCUT2D eigenvalue weighted by molar-refractivity contribution is 9.10. The lowest BCUT2D eigenvalue weighted by Gasteiger charge is -2.02. The first-order valence-electron chi connectivity index (χ1n) is 4.19. The first kappa shape index (κ1) is 8.24. The summed E-state index contributed by atoms with van der Waals surface area (Å²) in [6.45, 7) is 0. The van der Waals surface area contributed by atoms with Crippen LogP contribution in [0, 0.1) is 11.7 Å². The van der Waals surface area contributed by atoms with Crippen molar-refractivity contribution in [1.82, 2.24) is 0 Å². The molecule has 2 heteroatoms. The molecular formula is C10H10BrF. The molecule has 0 N–H and O–H groups in total. The van der Waals surface area contributed by atoms with E-state index in [1.54, 1.807) is 0 Å². The van der Waals surface area contributed by atoms with E-state index < -0.39 is 0 Å². The van der Waals surface area contributed by atoms with E-state index in [1.165, 1.54) is 30.5 Å². The Bertz CT molecular complexity index is 292. The van der Waals surface area contributed by atoms with Crippen molar-refractivity contribution in [2.75, 3.05) is 0 Å². The van der Waals surface area contributed by atoms with Crippen molar-refractivity contribution in [2.45, 2.75) is 19.3 Å². The van der Waals surface area contributed by atoms with Crippen LogP contribution in [0.4, 0.5) is 4.39 Å². The molecule has 1 fully saturated rings. The van der Waals surface area contributed by atoms with Gasteiger partial charge in [-0.15, -0.1) is 0 Å². The van der Waals surface area contributed by atoms with E-state index in [1.807, 2.05) is 6.07 Å². The number of benzene rings is 1. The van der Waals surface area contributed by atoms with Crippen molar-refractivity contribution in [1.29, 1.82) is 0 Å². The molecule has 0 saturated heterocycles. The smallest absolute Gasteiger partial charge is 0.124 e. The van der Waals surface area contributed by atoms with Crippen molar-refractivity contribution in [3.63, 3.8) is 0 Å². The number of halogens is 2. The van der Waals surface area contributed by atoms with Gasteiger partial charge in [-0.1, -0.05) is 22.0 Å². The minimum atomic E-state index is -0.165. The second-order valence-electron chi connectivity index (χ2n) is 3.38. The van der Waals surface area contributed by atoms with Gasteiger partial charge in [-0.05, 0) is 42.9 Å². The lowest BCUT2D eigenvalue weighted by Crippen LogP contribution is -1.89. The molecular weight excluding hydrogens is 219 g/mol. The molecule has 1 aromatic rings. The van der Waals surface area contributed by atoms with Crippen molar-refractivity contribution in [3.8, 4) is 0 Å². The maximum Gasteiger partial charge on any atom is 0.124 e. The van der Waals surface area contributed by atoms with Crippen molar-refractivity contribution in [3.05, 3.63) is 34.1 Å². The molecule has 12 heavy (non-hydrogen) atoms. The van der Waals surface area contributed by atoms with E-state index in [4.69, 9.17) is 0 Å². The summed E-state index contributed by atoms with van der Waals surface area (Å²) < 4.78 is 13.6. The largest absolute Gasteiger partial charge is 0.207 e. The van der Waals surface area contributed by atoms with Crippen LogP contribution < -0.4 is 0 Å². The van der Waals surface area contributed by atoms with Crippen molar-refractivity contribution in [2.24, 2.45) is 5.92 Å². The van der Waals surface area contributed by atoms with Crippen molar-refractivity contribution >= 4 is 15.9 Å². The van der Waals surface area contributed by atoms with E-state index in [-0.39, 0.29) is 5.82 Å². The van der Waals surface area contributed by atoms with Crippen LogP contribution in [-0.2, 0) is 6.42 Å². The second-order valence-corrected chi connectivity index (χ2v) is 4.24. The maximum atomic E-state index is 12.7. The van der Waals surface area contributed by atoms with Crippen LogP contribution in [0.3, 0.4) is 0 Å². The van der Waals surface area contributed by atoms with Gasteiger partial charge < -0.3 is 0 Å². The summed E-state index contributed by atoms with van der Waals surface area (Å²) in [5.41, 5.74) is 1.24. The molecule has 1 saturated carbocycles. The lowest BCUT2D eigenvalue weighted by molar-refractivity contribution is 0.625. The SMILES string of the molecule is Fc1ccc(CC2CC2)c(Br)c1. The summed E-state index contributed by atoms with van der Waals surface area (Å²) in [4.78, 5) is 0. The Morgan fingerprint density at radius 3 is 2.75 bits per heavy atom. The standard InChI is InChI=1S/C10H10BrF/c11-10-6-9(12)4-3-8(10)5-7-1-2-7/h3-4,6-7H,1-2,5H2. The molecule has 0 heterocycles. The Balaban J connectivity index is 2.18. The molecule has 1 aliphatic carbocycles. The third-order valence-electron chi connectivity index (χ3n) is 2.22. The highest BCUT2D eigenvalue weighted by atomic mass is 79.9. The van der Waals surface area contributed by atoms with Gasteiger partial charge >= 0.3 is 0 Å². The topological polar surface area (TPSA) is 0 Å². The van der Waals surface area contributed by atoms with Crippen LogP contribution in [0.15, 0.2) is 22.7 Å². The molecule has 0 radical (unpaired) electrons. The van der Waals surface area contributed by atoms with Gasteiger partial charge in [-0.25, -0.2) is 4.39 Å². The molecule has 1 aliphatic rings. The molecule has 0 aromatic heterocycles. The summed E-state index contributed by atoms with van der Waals surface area (Å²) >= 11 is 3.36. The fraction of sp³-hybridized carbons (Fsp3) is 0.400. The molecule has 0 amide bonds. The molecule has 0 unspecified atom stereocenters. The van der Waals surface area contributed by atoms with Gasteiger partial charge in [0.25, 0.3) is 0 Å². The second kappa shape index (κ2) is 3.17. The van der Waals surface area contributed by atoms with Gasteiger partial charge in [0, 0.05) is 4.47 Å². The summed E-state index contributed by atoms with van der Waals surface area (Å²) in [5, 5.41) is 0. The van der Waals surface area contributed by atoms with Gasteiger partial charge in [0.05, 0.1) is 0 Å². The lowest BCUT2D eigenvalue weighted by atomic mass is 10.1. The van der Waals surface area contributed by atoms with E-state index in [0.29, 0.717) is 0 Å². The van der Waals surface area contributed by atoms with Gasteiger partial charge in [0.1, 0.15) is 5.82 Å². The fourth-order valence-electron chi connectivity index (χ4n) is 1.32. The van der Waals surface area contributed by atoms with E-state index in [9.17, 15) is 4.39 Å². The van der Waals surface area contributed by atoms with Gasteiger partial charge in [-0.2, -0.15) is 0 Å². The number of hydrogen-bond donors (Lipinski definition) is 0. The Labute approximate surface area is 79.9 Å². The van der Waals surface area contributed by atoms with Gasteiger partial charge in [-0.3, -0.25) is 0 Å². The molecule has 0 spiro atoms. The van der Waals surface area contributed by atoms with E-state index in [2.05, 4.69) is 15.9 Å². The van der Waals surface area contributed by atoms with Gasteiger partial charge in [0.2, 0.25) is 0 Å². The summed E-state index contributed by atoms with van der Waals surface area (Å²) in [7, 11) is 0. The van der Waals surface area contributed by atoms with Gasteiger partial charge in [0.15, 0.2) is 0 Å². The first-order chi connectivity index (χ1) is 5.75. The predicted molar refractivity (Wildman–Crippen MR) is 50.5 cm³/mol. The molecule has 0 atom stereocenters. The third-order valence-corrected chi connectivity index (χ3v) is 2.96. The van der Waals surface area contributed by atoms with Crippen LogP contribution in [0.5, 0.6) is 0 Å². The highest BCUT2D eigenvalue weighted by Gasteiger charge is 2.22. The Morgan fingerprint density at radius 1 is 1.42 bits per heavy atom. The first-order valence-corrected chi connectivity index (χ1v) is 4.99. The molecule has 0 bridgehead atoms. The van der Waals surface area contributed by atoms with Crippen LogP contribution >= 0.6 is 15.9 Å². The summed E-state index contributed by atoms with van der Waals surface area (Å²) in [6, 6.07) is 4.94. The molecule has 1 aromatic carbocycles. The molecule has 0 nitrogen and oxygen atoms in total. The predicted octanol–water partition coefficient (Wildman–Crippen LogP) is 3.54. The minimum absolute atomic E-state index is 0.165. The van der Waals surface area contributed by atoms with E-state index in [0.717, 1.165) is 16.8 Å². The summed E-state index contributed by atoms with van der Waals surface area (Å²) in [6.07, 6.45) is 3.77. The molecule has 0 aliphatic heterocycles. The van der Waals surface area contributed by atoms with Crippen molar-refractivity contribution < 1.29 is 4.39 Å². The van der Waals surface area contributed by atoms with Crippen LogP contribution in [0.25, 0.3) is 0 Å². The van der Waals surface area contributed by atoms with Crippen LogP contribution in [0.1, 0.15) is 18.4 Å². The quantitative estimate of drug-likeness (QED) is 0.727. The summed E-state index contributed by atoms with van der Waals surface area (Å²) in [5.74, 6) is 0.688. The zero-order valence-corrected chi connectivity index (χ0v) is 8.27. The van der Waals surface area contributed by atoms with Crippen LogP contribution in [0.2, 0.25) is 0 Å². The Morgan fingerprint density at radius 2 is 2.17 bits per heavy atom. The van der Waals surface area contributed by atoms with E-state index >= 15 is 0 Å².